The molecule has 128 valence electrons. The smallest absolute Gasteiger partial charge is 0.174 e. The summed E-state index contributed by atoms with van der Waals surface area (Å²) < 4.78 is 26.9. The van der Waals surface area contributed by atoms with Crippen LogP contribution in [0.5, 0.6) is 5.75 Å². The van der Waals surface area contributed by atoms with Crippen LogP contribution in [-0.4, -0.2) is 5.11 Å². The predicted octanol–water partition coefficient (Wildman–Crippen LogP) is 5.92. The third-order valence-electron chi connectivity index (χ3n) is 4.18. The number of phenolic OH excluding ortho intramolecular Hbond substituents is 1. The van der Waals surface area contributed by atoms with Gasteiger partial charge >= 0.3 is 0 Å². The fourth-order valence-corrected chi connectivity index (χ4v) is 5.16. The molecule has 0 aliphatic carbocycles. The molecule has 4 rings (SSSR count). The lowest BCUT2D eigenvalue weighted by Crippen LogP contribution is -2.06. The van der Waals surface area contributed by atoms with Crippen LogP contribution in [0, 0.1) is 11.6 Å². The maximum absolute atomic E-state index is 13.4. The van der Waals surface area contributed by atoms with Gasteiger partial charge in [0.2, 0.25) is 0 Å². The Kier molecular flexibility index (Phi) is 4.35. The monoisotopic (exact) mass is 365 g/mol. The van der Waals surface area contributed by atoms with E-state index in [4.69, 9.17) is 0 Å². The number of benzene rings is 4. The Hall–Kier alpha value is -2.85. The van der Waals surface area contributed by atoms with Gasteiger partial charge in [0.1, 0.15) is 17.4 Å². The van der Waals surface area contributed by atoms with E-state index in [0.29, 0.717) is 0 Å². The molecular formula is C22H15F2OS+. The van der Waals surface area contributed by atoms with E-state index in [1.807, 2.05) is 30.3 Å². The van der Waals surface area contributed by atoms with Gasteiger partial charge < -0.3 is 5.11 Å². The first-order valence-electron chi connectivity index (χ1n) is 8.09. The lowest BCUT2D eigenvalue weighted by Gasteiger charge is -2.11. The van der Waals surface area contributed by atoms with Crippen molar-refractivity contribution < 1.29 is 13.9 Å². The van der Waals surface area contributed by atoms with Crippen molar-refractivity contribution in [3.63, 3.8) is 0 Å². The van der Waals surface area contributed by atoms with Gasteiger partial charge in [-0.05, 0) is 66.7 Å². The van der Waals surface area contributed by atoms with Crippen molar-refractivity contribution in [2.24, 2.45) is 0 Å². The Morgan fingerprint density at radius 3 is 1.62 bits per heavy atom. The molecule has 0 bridgehead atoms. The van der Waals surface area contributed by atoms with Gasteiger partial charge in [0.25, 0.3) is 0 Å². The topological polar surface area (TPSA) is 20.2 Å². The van der Waals surface area contributed by atoms with Crippen LogP contribution in [0.1, 0.15) is 0 Å². The third-order valence-corrected chi connectivity index (χ3v) is 6.46. The van der Waals surface area contributed by atoms with Crippen LogP contribution in [0.3, 0.4) is 0 Å². The highest BCUT2D eigenvalue weighted by Gasteiger charge is 2.31. The summed E-state index contributed by atoms with van der Waals surface area (Å²) in [6, 6.07) is 23.9. The van der Waals surface area contributed by atoms with Gasteiger partial charge in [0, 0.05) is 10.8 Å². The number of aromatic hydroxyl groups is 1. The van der Waals surface area contributed by atoms with E-state index in [1.54, 1.807) is 30.3 Å². The summed E-state index contributed by atoms with van der Waals surface area (Å²) in [4.78, 5) is 2.85. The van der Waals surface area contributed by atoms with E-state index in [2.05, 4.69) is 0 Å². The van der Waals surface area contributed by atoms with Crippen LogP contribution in [0.2, 0.25) is 0 Å². The number of fused-ring (bicyclic) bond motifs is 1. The van der Waals surface area contributed by atoms with Gasteiger partial charge in [0.15, 0.2) is 14.7 Å². The number of hydrogen-bond acceptors (Lipinski definition) is 1. The number of phenols is 1. The zero-order chi connectivity index (χ0) is 18.1. The fraction of sp³-hybridized carbons (Fsp3) is 0. The molecule has 0 unspecified atom stereocenters. The van der Waals surface area contributed by atoms with E-state index >= 15 is 0 Å². The largest absolute Gasteiger partial charge is 0.507 e. The summed E-state index contributed by atoms with van der Waals surface area (Å²) in [5, 5.41) is 11.9. The van der Waals surface area contributed by atoms with Gasteiger partial charge in [-0.1, -0.05) is 18.2 Å². The molecule has 4 aromatic carbocycles. The van der Waals surface area contributed by atoms with Crippen molar-refractivity contribution in [1.82, 2.24) is 0 Å². The van der Waals surface area contributed by atoms with Crippen LogP contribution in [0.25, 0.3) is 10.8 Å². The zero-order valence-electron chi connectivity index (χ0n) is 13.7. The maximum atomic E-state index is 13.4. The second-order valence-electron chi connectivity index (χ2n) is 5.84. The Labute approximate surface area is 152 Å². The van der Waals surface area contributed by atoms with Gasteiger partial charge in [0.05, 0.1) is 10.9 Å². The van der Waals surface area contributed by atoms with E-state index in [0.717, 1.165) is 25.5 Å². The predicted molar refractivity (Wildman–Crippen MR) is 101 cm³/mol. The summed E-state index contributed by atoms with van der Waals surface area (Å²) in [7, 11) is -0.558. The second kappa shape index (κ2) is 6.81. The van der Waals surface area contributed by atoms with Crippen molar-refractivity contribution in [3.05, 3.63) is 96.6 Å². The van der Waals surface area contributed by atoms with E-state index in [1.165, 1.54) is 24.3 Å². The molecule has 0 spiro atoms. The quantitative estimate of drug-likeness (QED) is 0.447. The molecule has 0 saturated heterocycles. The number of halogens is 2. The lowest BCUT2D eigenvalue weighted by atomic mass is 10.1. The third kappa shape index (κ3) is 3.04. The highest BCUT2D eigenvalue weighted by Crippen LogP contribution is 2.38. The first-order chi connectivity index (χ1) is 12.6. The number of rotatable bonds is 3. The highest BCUT2D eigenvalue weighted by molar-refractivity contribution is 7.97. The Morgan fingerprint density at radius 1 is 0.577 bits per heavy atom. The van der Waals surface area contributed by atoms with Crippen molar-refractivity contribution in [2.75, 3.05) is 0 Å². The van der Waals surface area contributed by atoms with Crippen molar-refractivity contribution in [1.29, 1.82) is 0 Å². The SMILES string of the molecule is Oc1ccc([S+](c2ccc(F)cc2)c2ccc(F)cc2)c2ccccc12. The summed E-state index contributed by atoms with van der Waals surface area (Å²) in [6.07, 6.45) is 0. The first-order valence-corrected chi connectivity index (χ1v) is 9.32. The maximum Gasteiger partial charge on any atom is 0.174 e. The minimum absolute atomic E-state index is 0.214. The molecule has 26 heavy (non-hydrogen) atoms. The fourth-order valence-electron chi connectivity index (χ4n) is 2.96. The molecule has 0 fully saturated rings. The molecule has 0 radical (unpaired) electrons. The molecule has 0 saturated carbocycles. The van der Waals surface area contributed by atoms with Crippen LogP contribution >= 0.6 is 0 Å². The van der Waals surface area contributed by atoms with Crippen LogP contribution in [-0.2, 0) is 10.9 Å². The van der Waals surface area contributed by atoms with Gasteiger partial charge in [-0.2, -0.15) is 0 Å². The van der Waals surface area contributed by atoms with Crippen LogP contribution in [0.15, 0.2) is 99.6 Å². The minimum atomic E-state index is -0.558. The summed E-state index contributed by atoms with van der Waals surface area (Å²) >= 11 is 0. The molecule has 0 amide bonds. The molecule has 0 heterocycles. The standard InChI is InChI=1S/C22H14F2OS/c23-15-5-9-17(10-6-15)26(18-11-7-16(24)8-12-18)22-14-13-21(25)19-3-1-2-4-20(19)22/h1-14H/p+1. The van der Waals surface area contributed by atoms with Crippen molar-refractivity contribution >= 4 is 21.7 Å². The Balaban J connectivity index is 1.98. The second-order valence-corrected chi connectivity index (χ2v) is 7.84. The molecule has 0 atom stereocenters. The molecule has 0 aromatic heterocycles. The first kappa shape index (κ1) is 16.6. The van der Waals surface area contributed by atoms with E-state index in [9.17, 15) is 13.9 Å². The molecule has 1 N–H and O–H groups in total. The average Bonchev–Trinajstić information content (AvgIpc) is 2.67. The highest BCUT2D eigenvalue weighted by atomic mass is 32.2. The van der Waals surface area contributed by atoms with Gasteiger partial charge in [-0.3, -0.25) is 0 Å². The lowest BCUT2D eigenvalue weighted by molar-refractivity contribution is 0.481. The molecule has 0 aliphatic heterocycles. The van der Waals surface area contributed by atoms with Gasteiger partial charge in [-0.15, -0.1) is 0 Å². The van der Waals surface area contributed by atoms with Crippen molar-refractivity contribution in [2.45, 2.75) is 14.7 Å². The summed E-state index contributed by atoms with van der Waals surface area (Å²) in [6.45, 7) is 0. The summed E-state index contributed by atoms with van der Waals surface area (Å²) in [5.41, 5.74) is 0. The van der Waals surface area contributed by atoms with Crippen molar-refractivity contribution in [3.8, 4) is 5.75 Å². The van der Waals surface area contributed by atoms with Crippen LogP contribution in [0.4, 0.5) is 8.78 Å². The average molecular weight is 365 g/mol. The molecule has 4 aromatic rings. The van der Waals surface area contributed by atoms with E-state index in [-0.39, 0.29) is 17.4 Å². The molecular weight excluding hydrogens is 350 g/mol. The van der Waals surface area contributed by atoms with E-state index < -0.39 is 10.9 Å². The normalized spacial score (nSPS) is 11.2. The van der Waals surface area contributed by atoms with Crippen LogP contribution < -0.4 is 0 Å². The molecule has 0 aliphatic rings. The molecule has 4 heteroatoms. The summed E-state index contributed by atoms with van der Waals surface area (Å²) in [5.74, 6) is -0.384. The minimum Gasteiger partial charge on any atom is -0.507 e. The number of hydrogen-bond donors (Lipinski definition) is 1. The van der Waals surface area contributed by atoms with Gasteiger partial charge in [-0.25, -0.2) is 8.78 Å². The zero-order valence-corrected chi connectivity index (χ0v) is 14.5. The Morgan fingerprint density at radius 2 is 1.08 bits per heavy atom. The Bertz CT molecular complexity index is 1010. The molecule has 1 nitrogen and oxygen atoms in total.